The Kier molecular flexibility index (Phi) is 6.24. The quantitative estimate of drug-likeness (QED) is 0.810. The highest BCUT2D eigenvalue weighted by atomic mass is 35.5. The van der Waals surface area contributed by atoms with Crippen LogP contribution in [-0.2, 0) is 14.6 Å². The predicted octanol–water partition coefficient (Wildman–Crippen LogP) is 3.56. The van der Waals surface area contributed by atoms with Gasteiger partial charge in [-0.05, 0) is 43.3 Å². The Labute approximate surface area is 152 Å². The molecule has 0 bridgehead atoms. The minimum absolute atomic E-state index is 0.0525. The summed E-state index contributed by atoms with van der Waals surface area (Å²) in [6.07, 6.45) is -0.0525. The first-order chi connectivity index (χ1) is 11.8. The van der Waals surface area contributed by atoms with Gasteiger partial charge in [0.1, 0.15) is 0 Å². The van der Waals surface area contributed by atoms with Gasteiger partial charge in [0.2, 0.25) is 0 Å². The molecule has 1 N–H and O–H groups in total. The molecule has 130 valence electrons. The second-order valence-corrected chi connectivity index (χ2v) is 8.11. The number of halogens is 1. The first-order valence-electron chi connectivity index (χ1n) is 7.54. The minimum atomic E-state index is -3.69. The highest BCUT2D eigenvalue weighted by molar-refractivity contribution is 7.91. The molecule has 0 amide bonds. The van der Waals surface area contributed by atoms with Crippen molar-refractivity contribution in [2.24, 2.45) is 5.92 Å². The second kappa shape index (κ2) is 8.19. The molecule has 4 nitrogen and oxygen atoms in total. The van der Waals surface area contributed by atoms with Crippen LogP contribution in [0.3, 0.4) is 0 Å². The topological polar surface area (TPSA) is 71.4 Å². The number of rotatable bonds is 5. The van der Waals surface area contributed by atoms with E-state index in [0.29, 0.717) is 10.6 Å². The van der Waals surface area contributed by atoms with Crippen LogP contribution in [0.1, 0.15) is 17.5 Å². The zero-order valence-corrected chi connectivity index (χ0v) is 15.1. The van der Waals surface area contributed by atoms with E-state index >= 15 is 0 Å². The van der Waals surface area contributed by atoms with E-state index < -0.39 is 27.5 Å². The smallest absolute Gasteiger partial charge is 0.308 e. The first-order valence-corrected chi connectivity index (χ1v) is 9.57. The summed E-state index contributed by atoms with van der Waals surface area (Å²) in [5.74, 6) is 2.81. The third-order valence-electron chi connectivity index (χ3n) is 3.58. The number of sulfone groups is 1. The minimum Gasteiger partial charge on any atom is -0.481 e. The number of aliphatic carboxylic acids is 1. The fraction of sp³-hybridized carbons (Fsp3) is 0.211. The number of hydrogen-bond acceptors (Lipinski definition) is 3. The van der Waals surface area contributed by atoms with Crippen LogP contribution in [-0.4, -0.2) is 25.2 Å². The molecule has 25 heavy (non-hydrogen) atoms. The van der Waals surface area contributed by atoms with Crippen molar-refractivity contribution >= 4 is 27.4 Å². The van der Waals surface area contributed by atoms with Crippen LogP contribution in [0.25, 0.3) is 0 Å². The van der Waals surface area contributed by atoms with Crippen LogP contribution in [0.15, 0.2) is 53.4 Å². The Bertz CT molecular complexity index is 905. The maximum absolute atomic E-state index is 12.4. The lowest BCUT2D eigenvalue weighted by molar-refractivity contribution is -0.140. The molecule has 0 saturated heterocycles. The Morgan fingerprint density at radius 2 is 1.72 bits per heavy atom. The fourth-order valence-corrected chi connectivity index (χ4v) is 3.79. The van der Waals surface area contributed by atoms with E-state index in [-0.39, 0.29) is 11.3 Å². The van der Waals surface area contributed by atoms with E-state index in [4.69, 9.17) is 11.6 Å². The molecule has 1 atom stereocenters. The second-order valence-electron chi connectivity index (χ2n) is 5.64. The molecule has 1 unspecified atom stereocenters. The lowest BCUT2D eigenvalue weighted by atomic mass is 10.1. The summed E-state index contributed by atoms with van der Waals surface area (Å²) >= 11 is 5.79. The van der Waals surface area contributed by atoms with Crippen molar-refractivity contribution in [3.05, 3.63) is 64.7 Å². The molecule has 0 aromatic heterocycles. The van der Waals surface area contributed by atoms with Crippen molar-refractivity contribution in [1.82, 2.24) is 0 Å². The molecule has 0 spiro atoms. The van der Waals surface area contributed by atoms with Gasteiger partial charge in [0.25, 0.3) is 0 Å². The van der Waals surface area contributed by atoms with Crippen LogP contribution >= 0.6 is 11.6 Å². The van der Waals surface area contributed by atoms with Crippen molar-refractivity contribution in [2.45, 2.75) is 18.2 Å². The zero-order valence-electron chi connectivity index (χ0n) is 13.6. The van der Waals surface area contributed by atoms with Crippen LogP contribution in [0.4, 0.5) is 0 Å². The molecule has 2 aromatic carbocycles. The molecule has 0 aliphatic heterocycles. The summed E-state index contributed by atoms with van der Waals surface area (Å²) in [5, 5.41) is 9.89. The van der Waals surface area contributed by atoms with E-state index in [0.717, 1.165) is 5.56 Å². The molecular weight excluding hydrogens is 360 g/mol. The highest BCUT2D eigenvalue weighted by Gasteiger charge is 2.25. The van der Waals surface area contributed by atoms with E-state index in [1.807, 2.05) is 6.92 Å². The van der Waals surface area contributed by atoms with Crippen LogP contribution < -0.4 is 0 Å². The largest absolute Gasteiger partial charge is 0.481 e. The summed E-state index contributed by atoms with van der Waals surface area (Å²) in [5.41, 5.74) is 1.62. The summed E-state index contributed by atoms with van der Waals surface area (Å²) in [4.78, 5) is 11.5. The van der Waals surface area contributed by atoms with Crippen LogP contribution in [0.5, 0.6) is 0 Å². The third-order valence-corrected chi connectivity index (χ3v) is 5.66. The molecule has 0 fully saturated rings. The van der Waals surface area contributed by atoms with Gasteiger partial charge in [-0.25, -0.2) is 8.42 Å². The molecule has 0 aliphatic carbocycles. The zero-order chi connectivity index (χ0) is 18.4. The van der Waals surface area contributed by atoms with Crippen LogP contribution in [0, 0.1) is 24.7 Å². The lowest BCUT2D eigenvalue weighted by Gasteiger charge is -2.10. The molecule has 0 radical (unpaired) electrons. The van der Waals surface area contributed by atoms with Gasteiger partial charge in [0, 0.05) is 17.0 Å². The average molecular weight is 377 g/mol. The molecule has 6 heteroatoms. The summed E-state index contributed by atoms with van der Waals surface area (Å²) in [6.45, 7) is 1.85. The Hall–Kier alpha value is -2.29. The first kappa shape index (κ1) is 19.0. The van der Waals surface area contributed by atoms with Crippen molar-refractivity contribution in [2.75, 3.05) is 5.75 Å². The van der Waals surface area contributed by atoms with Crippen molar-refractivity contribution in [1.29, 1.82) is 0 Å². The summed E-state index contributed by atoms with van der Waals surface area (Å²) in [7, 11) is -3.69. The molecule has 2 rings (SSSR count). The SMILES string of the molecule is Cc1ccc(S(=O)(=O)CC(CC#Cc2ccc(Cl)cc2)C(=O)O)cc1. The average Bonchev–Trinajstić information content (AvgIpc) is 2.56. The number of hydrogen-bond donors (Lipinski definition) is 1. The number of carboxylic acids is 1. The van der Waals surface area contributed by atoms with Gasteiger partial charge in [-0.1, -0.05) is 41.1 Å². The van der Waals surface area contributed by atoms with E-state index in [9.17, 15) is 18.3 Å². The van der Waals surface area contributed by atoms with Gasteiger partial charge < -0.3 is 5.11 Å². The molecule has 0 heterocycles. The normalized spacial score (nSPS) is 12.1. The summed E-state index contributed by atoms with van der Waals surface area (Å²) < 4.78 is 24.8. The maximum atomic E-state index is 12.4. The van der Waals surface area contributed by atoms with Gasteiger partial charge in [-0.2, -0.15) is 0 Å². The van der Waals surface area contributed by atoms with Gasteiger partial charge >= 0.3 is 5.97 Å². The van der Waals surface area contributed by atoms with E-state index in [1.165, 1.54) is 12.1 Å². The Balaban J connectivity index is 2.12. The van der Waals surface area contributed by atoms with Gasteiger partial charge in [0.15, 0.2) is 9.84 Å². The highest BCUT2D eigenvalue weighted by Crippen LogP contribution is 2.17. The molecule has 0 aliphatic rings. The van der Waals surface area contributed by atoms with Gasteiger partial charge in [-0.15, -0.1) is 0 Å². The van der Waals surface area contributed by atoms with E-state index in [2.05, 4.69) is 11.8 Å². The van der Waals surface area contributed by atoms with Crippen molar-refractivity contribution in [3.63, 3.8) is 0 Å². The number of aryl methyl sites for hydroxylation is 1. The number of carboxylic acid groups (broad SMARTS) is 1. The van der Waals surface area contributed by atoms with Crippen molar-refractivity contribution in [3.8, 4) is 11.8 Å². The maximum Gasteiger partial charge on any atom is 0.308 e. The number of benzene rings is 2. The van der Waals surface area contributed by atoms with Crippen molar-refractivity contribution < 1.29 is 18.3 Å². The van der Waals surface area contributed by atoms with Gasteiger partial charge in [0.05, 0.1) is 16.6 Å². The van der Waals surface area contributed by atoms with Gasteiger partial charge in [-0.3, -0.25) is 4.79 Å². The Morgan fingerprint density at radius 1 is 1.12 bits per heavy atom. The third kappa shape index (κ3) is 5.63. The summed E-state index contributed by atoms with van der Waals surface area (Å²) in [6, 6.07) is 13.1. The predicted molar refractivity (Wildman–Crippen MR) is 97.3 cm³/mol. The van der Waals surface area contributed by atoms with Crippen LogP contribution in [0.2, 0.25) is 5.02 Å². The lowest BCUT2D eigenvalue weighted by Crippen LogP contribution is -2.23. The number of carbonyl (C=O) groups is 1. The monoisotopic (exact) mass is 376 g/mol. The Morgan fingerprint density at radius 3 is 2.28 bits per heavy atom. The van der Waals surface area contributed by atoms with E-state index in [1.54, 1.807) is 36.4 Å². The molecule has 0 saturated carbocycles. The standard InChI is InChI=1S/C19H17ClO4S/c1-14-5-11-18(12-6-14)25(23,24)13-16(19(21)22)4-2-3-15-7-9-17(20)10-8-15/h5-12,16H,4,13H2,1H3,(H,21,22). The molecule has 2 aromatic rings. The molecular formula is C19H17ClO4S. The fourth-order valence-electron chi connectivity index (χ4n) is 2.13.